The highest BCUT2D eigenvalue weighted by molar-refractivity contribution is 5.84. The number of hydrogen-bond donors (Lipinski definition) is 16. The van der Waals surface area contributed by atoms with E-state index >= 15 is 0 Å². The standard InChI is InChI=1S/2C29H50O5.C28H48O6.C28H48O5/c2*1-15(2)16(3)26(33)27(34)17(4)19-8-9-20-18-7-10-23(30)22-13-24(31)25(32)14-29(22,6)21(18)11-12-28(19,20)5;1-14(2)15(3)25(32)26(33)16(4)18-7-8-19-17-11-24(31)34-23-12-21(29)22(30)13-28(23,6)20(17)9-10-27(18,19)5;1-14(2)15(3)25(32)26(33)16(4)18-7-8-19-17-11-22(29)21-12-23(30)24(31)13-28(21,6)20(17)9-10-27(18,19)5/h2*15-22,24-27,31-34H,7-14H2,1-6H3;14-23,25-26,29-30,32-33H,7-13H2,1-6H3;14-21,23-26,30-33H,7-13H2,1-6H3/t16-,17-,18?,19+,20?,21?,22+,24-,25+,26+,27+,28+,29+;16-,17-,18?,19+,20?,21?,22-,24-,25+,26+,27+,28+,29+;15-,16-,17?,18+,19?,20?,21-,22+,23-,25+,26+,27+,28+;15-,16-,17?,18?,19?,20?,21+,23-,24+,25+,26+,27+,28+/m0000/s1. The Morgan fingerprint density at radius 3 is 0.763 bits per heavy atom. The van der Waals surface area contributed by atoms with Crippen LogP contribution in [0.3, 0.4) is 0 Å². The normalized spacial score (nSPS) is 48.4. The predicted molar refractivity (Wildman–Crippen MR) is 523 cm³/mol. The molecule has 0 amide bonds. The lowest BCUT2D eigenvalue weighted by Gasteiger charge is -2.61. The molecular formula is C114H196O21. The maximum absolute atomic E-state index is 13.3. The molecule has 21 nitrogen and oxygen atoms in total. The van der Waals surface area contributed by atoms with Gasteiger partial charge >= 0.3 is 5.97 Å². The lowest BCUT2D eigenvalue weighted by atomic mass is 9.44. The molecule has 13 unspecified atom stereocenters. The third kappa shape index (κ3) is 19.7. The second-order valence-corrected chi connectivity index (χ2v) is 54.0. The van der Waals surface area contributed by atoms with Crippen LogP contribution in [0, 0.1) is 227 Å². The van der Waals surface area contributed by atoms with Crippen molar-refractivity contribution < 1.29 is 106 Å². The van der Waals surface area contributed by atoms with Crippen molar-refractivity contribution in [2.75, 3.05) is 0 Å². The smallest absolute Gasteiger partial charge is 0.306 e. The van der Waals surface area contributed by atoms with Crippen LogP contribution >= 0.6 is 0 Å². The van der Waals surface area contributed by atoms with Gasteiger partial charge in [0.1, 0.15) is 23.5 Å². The van der Waals surface area contributed by atoms with E-state index in [0.717, 1.165) is 116 Å². The van der Waals surface area contributed by atoms with Gasteiger partial charge in [0.2, 0.25) is 0 Å². The third-order valence-electron chi connectivity index (χ3n) is 47.0. The molecule has 15 saturated carbocycles. The molecule has 16 N–H and O–H groups in total. The van der Waals surface area contributed by atoms with E-state index < -0.39 is 97.7 Å². The van der Waals surface area contributed by atoms with Gasteiger partial charge in [0.15, 0.2) is 0 Å². The Kier molecular flexibility index (Phi) is 33.9. The van der Waals surface area contributed by atoms with Crippen LogP contribution in [0.25, 0.3) is 0 Å². The lowest BCUT2D eigenvalue weighted by molar-refractivity contribution is -0.175. The first-order chi connectivity index (χ1) is 62.8. The van der Waals surface area contributed by atoms with Gasteiger partial charge < -0.3 is 86.4 Å². The molecule has 16 fully saturated rings. The Labute approximate surface area is 813 Å². The van der Waals surface area contributed by atoms with Crippen LogP contribution in [0.15, 0.2) is 0 Å². The van der Waals surface area contributed by atoms with Crippen LogP contribution < -0.4 is 0 Å². The number of ether oxygens (including phenoxy) is 1. The number of fused-ring (bicyclic) bond motifs is 20. The molecule has 1 aliphatic heterocycles. The van der Waals surface area contributed by atoms with Gasteiger partial charge in [-0.1, -0.05) is 166 Å². The van der Waals surface area contributed by atoms with E-state index in [9.17, 15) is 101 Å². The minimum atomic E-state index is -0.839. The molecule has 0 spiro atoms. The summed E-state index contributed by atoms with van der Waals surface area (Å²) in [6.45, 7) is 51.7. The zero-order valence-corrected chi connectivity index (χ0v) is 88.1. The summed E-state index contributed by atoms with van der Waals surface area (Å²) in [6.07, 6.45) is 12.1. The number of hydrogen-bond acceptors (Lipinski definition) is 21. The fraction of sp³-hybridized carbons (Fsp3) is 0.965. The van der Waals surface area contributed by atoms with E-state index in [0.29, 0.717) is 184 Å². The van der Waals surface area contributed by atoms with Crippen molar-refractivity contribution in [2.45, 2.75) is 463 Å². The fourth-order valence-corrected chi connectivity index (χ4v) is 37.0. The monoisotopic (exact) mass is 1900 g/mol. The van der Waals surface area contributed by atoms with Crippen LogP contribution in [0.5, 0.6) is 0 Å². The van der Waals surface area contributed by atoms with Crippen LogP contribution in [0.2, 0.25) is 0 Å². The summed E-state index contributed by atoms with van der Waals surface area (Å²) in [5.74, 6) is 7.86. The minimum Gasteiger partial charge on any atom is -0.462 e. The average Bonchev–Trinajstić information content (AvgIpc) is 1.54. The highest BCUT2D eigenvalue weighted by Gasteiger charge is 2.70. The molecule has 0 radical (unpaired) electrons. The van der Waals surface area contributed by atoms with Crippen LogP contribution in [0.1, 0.15) is 359 Å². The quantitative estimate of drug-likeness (QED) is 0.0503. The molecule has 0 bridgehead atoms. The van der Waals surface area contributed by atoms with Crippen LogP contribution in [-0.2, 0) is 23.9 Å². The van der Waals surface area contributed by atoms with E-state index in [1.807, 2.05) is 27.7 Å². The molecule has 15 aliphatic carbocycles. The Morgan fingerprint density at radius 2 is 0.481 bits per heavy atom. The average molecular weight is 1900 g/mol. The second kappa shape index (κ2) is 41.6. The second-order valence-electron chi connectivity index (χ2n) is 54.0. The first-order valence-corrected chi connectivity index (χ1v) is 55.5. The van der Waals surface area contributed by atoms with E-state index in [4.69, 9.17) is 4.74 Å². The Bertz CT molecular complexity index is 3860. The van der Waals surface area contributed by atoms with Crippen molar-refractivity contribution in [2.24, 2.45) is 227 Å². The van der Waals surface area contributed by atoms with Gasteiger partial charge in [-0.25, -0.2) is 0 Å². The minimum absolute atomic E-state index is 0.00558. The lowest BCUT2D eigenvalue weighted by Crippen LogP contribution is -2.59. The van der Waals surface area contributed by atoms with E-state index in [2.05, 4.69) is 138 Å². The van der Waals surface area contributed by atoms with E-state index in [1.54, 1.807) is 0 Å². The summed E-state index contributed by atoms with van der Waals surface area (Å²) < 4.78 is 5.92. The Hall–Kier alpha value is -2.16. The summed E-state index contributed by atoms with van der Waals surface area (Å²) in [5, 5.41) is 172. The first kappa shape index (κ1) is 110. The number of rotatable bonds is 20. The topological polar surface area (TPSA) is 401 Å². The highest BCUT2D eigenvalue weighted by atomic mass is 16.5. The van der Waals surface area contributed by atoms with Gasteiger partial charge in [-0.3, -0.25) is 19.2 Å². The summed E-state index contributed by atoms with van der Waals surface area (Å²) in [5.41, 5.74) is -0.767. The van der Waals surface area contributed by atoms with E-state index in [1.165, 1.54) is 0 Å². The maximum Gasteiger partial charge on any atom is 0.306 e. The largest absolute Gasteiger partial charge is 0.462 e. The molecule has 16 aliphatic rings. The maximum atomic E-state index is 13.3. The van der Waals surface area contributed by atoms with E-state index in [-0.39, 0.29) is 150 Å². The number of Topliss-reactive ketones (excluding diaryl/α,β-unsaturated/α-hetero) is 3. The molecule has 0 aromatic carbocycles. The summed E-state index contributed by atoms with van der Waals surface area (Å²) >= 11 is 0. The van der Waals surface area contributed by atoms with Gasteiger partial charge in [-0.15, -0.1) is 0 Å². The van der Waals surface area contributed by atoms with Crippen molar-refractivity contribution >= 4 is 23.3 Å². The molecule has 1 heterocycles. The third-order valence-corrected chi connectivity index (χ3v) is 47.0. The molecule has 16 rings (SSSR count). The molecule has 135 heavy (non-hydrogen) atoms. The predicted octanol–water partition coefficient (Wildman–Crippen LogP) is 15.7. The van der Waals surface area contributed by atoms with Crippen LogP contribution in [0.4, 0.5) is 0 Å². The zero-order valence-electron chi connectivity index (χ0n) is 88.1. The summed E-state index contributed by atoms with van der Waals surface area (Å²) in [7, 11) is 0. The molecule has 21 heteroatoms. The number of aliphatic hydroxyl groups excluding tert-OH is 16. The molecule has 52 atom stereocenters. The number of aliphatic hydroxyl groups is 16. The van der Waals surface area contributed by atoms with Crippen molar-refractivity contribution in [1.82, 2.24) is 0 Å². The molecule has 1 saturated heterocycles. The first-order valence-electron chi connectivity index (χ1n) is 55.5. The number of esters is 1. The van der Waals surface area contributed by atoms with Crippen molar-refractivity contribution in [3.63, 3.8) is 0 Å². The molecule has 0 aromatic rings. The van der Waals surface area contributed by atoms with Crippen LogP contribution in [-0.4, -0.2) is 209 Å². The highest BCUT2D eigenvalue weighted by Crippen LogP contribution is 2.73. The SMILES string of the molecule is CC(C)[C@H](C)[C@@H](O)[C@H](O)[C@@H](C)C1CCC2C3CC(=O)[C@H]4C[C@H](O)[C@H](O)C[C@]4(C)C3CC[C@@]21C.CC(C)[C@H](C)[C@@H](O)[C@H](O)[C@@H](C)[C@H]1CCC2C3CC(=O)O[C@H]4C[C@H](O)[C@H](O)C[C@]4(C)C3CC[C@@]21C.CC(C)[C@H](C)[C@@H](O)[C@H](O)[C@@H](C)[C@H]1CCC2C3CCC(=O)[C@@H]4C[C@H](O)[C@H](O)C[C@]4(C)C3CC[C@@]21C.CC(C)[C@H](C)[C@@H](O)[C@H](O)[C@@H](C)[C@H]1CCC2C3CCC(=O)[C@H]4C[C@H](O)[C@H](O)C[C@]4(C)C3CC[C@@]21C. The summed E-state index contributed by atoms with van der Waals surface area (Å²) in [6, 6.07) is 0. The number of carbonyl (C=O) groups excluding carboxylic acids is 4. The van der Waals surface area contributed by atoms with Gasteiger partial charge in [-0.05, 0) is 364 Å². The van der Waals surface area contributed by atoms with Gasteiger partial charge in [0, 0.05) is 55.3 Å². The van der Waals surface area contributed by atoms with Crippen molar-refractivity contribution in [1.29, 1.82) is 0 Å². The zero-order chi connectivity index (χ0) is 99.9. The fourth-order valence-electron chi connectivity index (χ4n) is 37.0. The molecule has 0 aromatic heterocycles. The number of carbonyl (C=O) groups is 4. The summed E-state index contributed by atoms with van der Waals surface area (Å²) in [4.78, 5) is 52.7. The van der Waals surface area contributed by atoms with Gasteiger partial charge in [0.05, 0.1) is 97.7 Å². The van der Waals surface area contributed by atoms with Gasteiger partial charge in [-0.2, -0.15) is 0 Å². The molecular weight excluding hydrogens is 1710 g/mol. The van der Waals surface area contributed by atoms with Gasteiger partial charge in [0.25, 0.3) is 0 Å². The Balaban J connectivity index is 0.000000152. The Morgan fingerprint density at radius 1 is 0.252 bits per heavy atom. The molecule has 778 valence electrons. The number of ketones is 3. The van der Waals surface area contributed by atoms with Crippen molar-refractivity contribution in [3.05, 3.63) is 0 Å². The van der Waals surface area contributed by atoms with Crippen molar-refractivity contribution in [3.8, 4) is 0 Å².